The Kier molecular flexibility index (Phi) is 1.42. The van der Waals surface area contributed by atoms with Gasteiger partial charge < -0.3 is 0 Å². The molecule has 2 rings (SSSR count). The van der Waals surface area contributed by atoms with Gasteiger partial charge in [0.2, 0.25) is 5.28 Å². The van der Waals surface area contributed by atoms with E-state index in [4.69, 9.17) is 11.6 Å². The van der Waals surface area contributed by atoms with E-state index in [2.05, 4.69) is 16.3 Å². The van der Waals surface area contributed by atoms with Crippen molar-refractivity contribution in [3.63, 3.8) is 0 Å². The molecule has 2 atom stereocenters. The first-order chi connectivity index (χ1) is 4.77. The molecule has 1 heterocycles. The smallest absolute Gasteiger partial charge is 0.209 e. The molecule has 1 saturated carbocycles. The zero-order valence-corrected chi connectivity index (χ0v) is 7.11. The third kappa shape index (κ3) is 1.04. The Bertz CT molecular complexity index is 248. The molecule has 0 radical (unpaired) electrons. The fraction of sp³-hybridized carbons (Fsp3) is 0.667. The van der Waals surface area contributed by atoms with Gasteiger partial charge in [0.15, 0.2) is 0 Å². The van der Waals surface area contributed by atoms with Gasteiger partial charge in [-0.1, -0.05) is 6.92 Å². The SMILES string of the molecule is CC1CC1c1nc(Cl)ns1. The van der Waals surface area contributed by atoms with Gasteiger partial charge in [-0.05, 0) is 35.5 Å². The van der Waals surface area contributed by atoms with Crippen LogP contribution in [0.1, 0.15) is 24.3 Å². The summed E-state index contributed by atoms with van der Waals surface area (Å²) in [6, 6.07) is 0. The summed E-state index contributed by atoms with van der Waals surface area (Å²) >= 11 is 7.00. The molecule has 1 aliphatic carbocycles. The molecular weight excluding hydrogens is 168 g/mol. The van der Waals surface area contributed by atoms with Crippen molar-refractivity contribution in [1.82, 2.24) is 9.36 Å². The van der Waals surface area contributed by atoms with Gasteiger partial charge in [-0.3, -0.25) is 0 Å². The maximum atomic E-state index is 5.57. The minimum Gasteiger partial charge on any atom is -0.209 e. The van der Waals surface area contributed by atoms with E-state index in [9.17, 15) is 0 Å². The molecule has 1 aromatic heterocycles. The first-order valence-electron chi connectivity index (χ1n) is 3.26. The van der Waals surface area contributed by atoms with Crippen LogP contribution in [0.3, 0.4) is 0 Å². The van der Waals surface area contributed by atoms with E-state index in [1.54, 1.807) is 0 Å². The lowest BCUT2D eigenvalue weighted by atomic mass is 10.4. The Labute approximate surface area is 68.4 Å². The maximum Gasteiger partial charge on any atom is 0.234 e. The van der Waals surface area contributed by atoms with Crippen LogP contribution in [0.5, 0.6) is 0 Å². The molecule has 0 bridgehead atoms. The number of nitrogens with zero attached hydrogens (tertiary/aromatic N) is 2. The zero-order chi connectivity index (χ0) is 7.14. The number of halogens is 1. The summed E-state index contributed by atoms with van der Waals surface area (Å²) in [6.45, 7) is 2.22. The molecule has 1 aromatic rings. The van der Waals surface area contributed by atoms with Crippen LogP contribution in [0.25, 0.3) is 0 Å². The van der Waals surface area contributed by atoms with E-state index in [-0.39, 0.29) is 0 Å². The zero-order valence-electron chi connectivity index (χ0n) is 5.54. The highest BCUT2D eigenvalue weighted by molar-refractivity contribution is 7.05. The first kappa shape index (κ1) is 6.55. The summed E-state index contributed by atoms with van der Waals surface area (Å²) in [7, 11) is 0. The quantitative estimate of drug-likeness (QED) is 0.653. The Balaban J connectivity index is 2.20. The normalized spacial score (nSPS) is 30.6. The van der Waals surface area contributed by atoms with Crippen molar-refractivity contribution in [2.75, 3.05) is 0 Å². The van der Waals surface area contributed by atoms with Gasteiger partial charge >= 0.3 is 0 Å². The predicted molar refractivity (Wildman–Crippen MR) is 41.4 cm³/mol. The molecule has 1 fully saturated rings. The van der Waals surface area contributed by atoms with Gasteiger partial charge in [-0.25, -0.2) is 4.98 Å². The van der Waals surface area contributed by atoms with E-state index in [0.717, 1.165) is 10.9 Å². The van der Waals surface area contributed by atoms with Gasteiger partial charge in [0.1, 0.15) is 5.01 Å². The lowest BCUT2D eigenvalue weighted by Crippen LogP contribution is -1.76. The van der Waals surface area contributed by atoms with Gasteiger partial charge in [-0.2, -0.15) is 4.37 Å². The molecule has 0 aliphatic heterocycles. The maximum absolute atomic E-state index is 5.57. The molecule has 0 saturated heterocycles. The van der Waals surface area contributed by atoms with Crippen LogP contribution in [-0.4, -0.2) is 9.36 Å². The molecule has 2 nitrogen and oxygen atoms in total. The number of hydrogen-bond acceptors (Lipinski definition) is 3. The van der Waals surface area contributed by atoms with Crippen molar-refractivity contribution < 1.29 is 0 Å². The molecule has 0 N–H and O–H groups in total. The average molecular weight is 175 g/mol. The monoisotopic (exact) mass is 174 g/mol. The molecule has 54 valence electrons. The highest BCUT2D eigenvalue weighted by Crippen LogP contribution is 2.47. The summed E-state index contributed by atoms with van der Waals surface area (Å²) in [4.78, 5) is 4.10. The topological polar surface area (TPSA) is 25.8 Å². The van der Waals surface area contributed by atoms with Crippen LogP contribution in [0.2, 0.25) is 5.28 Å². The second-order valence-electron chi connectivity index (χ2n) is 2.72. The Morgan fingerprint density at radius 1 is 1.70 bits per heavy atom. The summed E-state index contributed by atoms with van der Waals surface area (Å²) in [5, 5.41) is 1.51. The van der Waals surface area contributed by atoms with E-state index in [0.29, 0.717) is 11.2 Å². The molecule has 10 heavy (non-hydrogen) atoms. The fourth-order valence-electron chi connectivity index (χ4n) is 1.03. The minimum absolute atomic E-state index is 0.402. The summed E-state index contributed by atoms with van der Waals surface area (Å²) in [5.74, 6) is 1.45. The standard InChI is InChI=1S/C6H7ClN2S/c1-3-2-4(3)5-8-6(7)9-10-5/h3-4H,2H2,1H3. The molecule has 0 spiro atoms. The molecule has 1 aliphatic rings. The van der Waals surface area contributed by atoms with E-state index in [1.807, 2.05) is 0 Å². The van der Waals surface area contributed by atoms with Crippen molar-refractivity contribution in [1.29, 1.82) is 0 Å². The summed E-state index contributed by atoms with van der Waals surface area (Å²) in [5.41, 5.74) is 0. The lowest BCUT2D eigenvalue weighted by molar-refractivity contribution is 0.905. The van der Waals surface area contributed by atoms with Crippen molar-refractivity contribution in [3.8, 4) is 0 Å². The second-order valence-corrected chi connectivity index (χ2v) is 3.84. The van der Waals surface area contributed by atoms with E-state index < -0.39 is 0 Å². The Hall–Kier alpha value is -0.150. The highest BCUT2D eigenvalue weighted by Gasteiger charge is 2.36. The average Bonchev–Trinajstić information content (AvgIpc) is 2.42. The molecule has 0 amide bonds. The third-order valence-corrected chi connectivity index (χ3v) is 2.96. The van der Waals surface area contributed by atoms with E-state index >= 15 is 0 Å². The lowest BCUT2D eigenvalue weighted by Gasteiger charge is -1.83. The van der Waals surface area contributed by atoms with Crippen LogP contribution in [-0.2, 0) is 0 Å². The minimum atomic E-state index is 0.402. The molecular formula is C6H7ClN2S. The van der Waals surface area contributed by atoms with Crippen molar-refractivity contribution >= 4 is 23.1 Å². The van der Waals surface area contributed by atoms with Gasteiger partial charge in [0.05, 0.1) is 0 Å². The molecule has 0 aromatic carbocycles. The van der Waals surface area contributed by atoms with Gasteiger partial charge in [0.25, 0.3) is 0 Å². The number of rotatable bonds is 1. The van der Waals surface area contributed by atoms with Crippen LogP contribution >= 0.6 is 23.1 Å². The second kappa shape index (κ2) is 2.17. The fourth-order valence-corrected chi connectivity index (χ4v) is 2.08. The van der Waals surface area contributed by atoms with Crippen molar-refractivity contribution in [3.05, 3.63) is 10.3 Å². The summed E-state index contributed by atoms with van der Waals surface area (Å²) < 4.78 is 3.91. The highest BCUT2D eigenvalue weighted by atomic mass is 35.5. The van der Waals surface area contributed by atoms with Crippen LogP contribution < -0.4 is 0 Å². The van der Waals surface area contributed by atoms with Crippen LogP contribution in [0.4, 0.5) is 0 Å². The largest absolute Gasteiger partial charge is 0.234 e. The molecule has 4 heteroatoms. The van der Waals surface area contributed by atoms with Gasteiger partial charge in [0, 0.05) is 5.92 Å². The third-order valence-electron chi connectivity index (χ3n) is 1.84. The van der Waals surface area contributed by atoms with Crippen LogP contribution in [0.15, 0.2) is 0 Å². The predicted octanol–water partition coefficient (Wildman–Crippen LogP) is 2.31. The first-order valence-corrected chi connectivity index (χ1v) is 4.41. The van der Waals surface area contributed by atoms with Crippen molar-refractivity contribution in [2.45, 2.75) is 19.3 Å². The summed E-state index contributed by atoms with van der Waals surface area (Å²) in [6.07, 6.45) is 1.26. The van der Waals surface area contributed by atoms with E-state index in [1.165, 1.54) is 18.0 Å². The number of hydrogen-bond donors (Lipinski definition) is 0. The Morgan fingerprint density at radius 2 is 2.40 bits per heavy atom. The molecule has 2 unspecified atom stereocenters. The Morgan fingerprint density at radius 3 is 2.80 bits per heavy atom. The number of aromatic nitrogens is 2. The van der Waals surface area contributed by atoms with Crippen molar-refractivity contribution in [2.24, 2.45) is 5.92 Å². The van der Waals surface area contributed by atoms with Crippen LogP contribution in [0, 0.1) is 5.92 Å². The van der Waals surface area contributed by atoms with Gasteiger partial charge in [-0.15, -0.1) is 0 Å².